The van der Waals surface area contributed by atoms with E-state index < -0.39 is 0 Å². The van der Waals surface area contributed by atoms with Gasteiger partial charge in [-0.3, -0.25) is 0 Å². The Balaban J connectivity index is 2.16. The second-order valence-corrected chi connectivity index (χ2v) is 8.00. The van der Waals surface area contributed by atoms with E-state index >= 15 is 0 Å². The molecule has 0 aliphatic rings. The Morgan fingerprint density at radius 2 is 2.00 bits per heavy atom. The van der Waals surface area contributed by atoms with Gasteiger partial charge in [-0.2, -0.15) is 3.89 Å². The molecule has 0 saturated heterocycles. The van der Waals surface area contributed by atoms with Gasteiger partial charge < -0.3 is 5.32 Å². The molecule has 0 atom stereocenters. The molecule has 2 aromatic carbocycles. The molecule has 0 spiro atoms. The predicted molar refractivity (Wildman–Crippen MR) is 130 cm³/mol. The minimum atomic E-state index is 0.227. The van der Waals surface area contributed by atoms with E-state index in [0.717, 1.165) is 56.7 Å². The van der Waals surface area contributed by atoms with E-state index in [2.05, 4.69) is 42.6 Å². The molecule has 160 valence electrons. The lowest BCUT2D eigenvalue weighted by molar-refractivity contribution is 0.814. The summed E-state index contributed by atoms with van der Waals surface area (Å²) in [6.07, 6.45) is 4.54. The average molecular weight is 435 g/mol. The Labute approximate surface area is 187 Å². The zero-order valence-corrected chi connectivity index (χ0v) is 19.2. The van der Waals surface area contributed by atoms with E-state index in [-0.39, 0.29) is 12.1 Å². The highest BCUT2D eigenvalue weighted by atomic mass is 32.2. The number of hydrogen-bond acceptors (Lipinski definition) is 4. The lowest BCUT2D eigenvalue weighted by atomic mass is 9.98. The predicted octanol–water partition coefficient (Wildman–Crippen LogP) is 7.08. The van der Waals surface area contributed by atoms with Gasteiger partial charge in [-0.25, -0.2) is 4.68 Å². The fraction of sp³-hybridized carbons (Fsp3) is 0.200. The Morgan fingerprint density at radius 3 is 2.68 bits per heavy atom. The zero-order chi connectivity index (χ0) is 22.5. The van der Waals surface area contributed by atoms with Gasteiger partial charge in [0.05, 0.1) is 23.4 Å². The van der Waals surface area contributed by atoms with E-state index in [4.69, 9.17) is 0 Å². The molecule has 0 saturated carbocycles. The molecule has 1 aromatic heterocycles. The molecule has 0 bridgehead atoms. The average Bonchev–Trinajstić information content (AvgIpc) is 3.22. The van der Waals surface area contributed by atoms with E-state index in [0.29, 0.717) is 4.90 Å². The van der Waals surface area contributed by atoms with Crippen LogP contribution in [0.25, 0.3) is 22.3 Å². The second kappa shape index (κ2) is 9.79. The molecule has 0 radical (unpaired) electrons. The maximum Gasteiger partial charge on any atom is 0.113 e. The van der Waals surface area contributed by atoms with Gasteiger partial charge in [-0.05, 0) is 79.3 Å². The van der Waals surface area contributed by atoms with E-state index in [1.807, 2.05) is 56.4 Å². The van der Waals surface area contributed by atoms with Crippen molar-refractivity contribution in [3.05, 3.63) is 89.8 Å². The Hall–Kier alpha value is -3.12. The standard InChI is InChI=1S/C25H27FN4S/c1-7-16(3)15-27-25(17(4)8-2)18(5)20-13-23(19(6)24(14-20)31-26)30-22-12-10-9-11-21(22)28-29-30/h7,9-15,27H,1,5,8H2,2-4,6H3/b16-15-,25-17+. The maximum atomic E-state index is 13.9. The van der Waals surface area contributed by atoms with Crippen molar-refractivity contribution in [3.63, 3.8) is 0 Å². The van der Waals surface area contributed by atoms with Gasteiger partial charge in [-0.15, -0.1) is 5.10 Å². The number of aromatic nitrogens is 3. The smallest absolute Gasteiger partial charge is 0.113 e. The first-order valence-corrected chi connectivity index (χ1v) is 10.8. The van der Waals surface area contributed by atoms with Crippen LogP contribution in [0.4, 0.5) is 3.89 Å². The summed E-state index contributed by atoms with van der Waals surface area (Å²) in [5, 5.41) is 11.9. The van der Waals surface area contributed by atoms with E-state index in [1.165, 1.54) is 0 Å². The number of benzene rings is 2. The van der Waals surface area contributed by atoms with Gasteiger partial charge >= 0.3 is 0 Å². The van der Waals surface area contributed by atoms with Gasteiger partial charge in [-0.1, -0.05) is 43.5 Å². The number of rotatable bonds is 8. The van der Waals surface area contributed by atoms with E-state index in [9.17, 15) is 3.89 Å². The van der Waals surface area contributed by atoms with Crippen LogP contribution >= 0.6 is 12.1 Å². The lowest BCUT2D eigenvalue weighted by Gasteiger charge is -2.18. The molecule has 0 unspecified atom stereocenters. The number of halogens is 1. The molecule has 6 heteroatoms. The maximum absolute atomic E-state index is 13.9. The van der Waals surface area contributed by atoms with Crippen LogP contribution in [0, 0.1) is 6.92 Å². The molecular formula is C25H27FN4S. The van der Waals surface area contributed by atoms with Gasteiger partial charge in [0.1, 0.15) is 5.52 Å². The van der Waals surface area contributed by atoms with E-state index in [1.54, 1.807) is 10.8 Å². The highest BCUT2D eigenvalue weighted by Gasteiger charge is 2.17. The molecule has 0 aliphatic heterocycles. The van der Waals surface area contributed by atoms with Crippen molar-refractivity contribution < 1.29 is 3.89 Å². The summed E-state index contributed by atoms with van der Waals surface area (Å²) in [6.45, 7) is 16.2. The summed E-state index contributed by atoms with van der Waals surface area (Å²) in [5.41, 5.74) is 7.91. The van der Waals surface area contributed by atoms with Crippen LogP contribution in [0.15, 0.2) is 83.6 Å². The van der Waals surface area contributed by atoms with Crippen molar-refractivity contribution in [1.82, 2.24) is 20.3 Å². The Morgan fingerprint density at radius 1 is 1.26 bits per heavy atom. The van der Waals surface area contributed by atoms with Crippen molar-refractivity contribution in [3.8, 4) is 5.69 Å². The second-order valence-electron chi connectivity index (χ2n) is 7.41. The molecular weight excluding hydrogens is 407 g/mol. The van der Waals surface area contributed by atoms with Crippen LogP contribution in [0.3, 0.4) is 0 Å². The van der Waals surface area contributed by atoms with Gasteiger partial charge in [0.25, 0.3) is 0 Å². The molecule has 0 amide bonds. The normalized spacial score (nSPS) is 12.6. The highest BCUT2D eigenvalue weighted by Crippen LogP contribution is 2.34. The summed E-state index contributed by atoms with van der Waals surface area (Å²) < 4.78 is 15.6. The van der Waals surface area contributed by atoms with Crippen LogP contribution in [0.2, 0.25) is 0 Å². The number of nitrogens with one attached hydrogen (secondary N) is 1. The molecule has 0 fully saturated rings. The molecule has 31 heavy (non-hydrogen) atoms. The molecule has 1 heterocycles. The first-order valence-electron chi connectivity index (χ1n) is 10.1. The Kier molecular flexibility index (Phi) is 7.13. The highest BCUT2D eigenvalue weighted by molar-refractivity contribution is 7.94. The van der Waals surface area contributed by atoms with Crippen molar-refractivity contribution in [2.45, 2.75) is 39.0 Å². The molecule has 0 aliphatic carbocycles. The van der Waals surface area contributed by atoms with Crippen LogP contribution in [-0.4, -0.2) is 15.0 Å². The third-order valence-electron chi connectivity index (χ3n) is 5.37. The first kappa shape index (κ1) is 22.6. The minimum absolute atomic E-state index is 0.227. The van der Waals surface area contributed by atoms with Crippen LogP contribution in [0.1, 0.15) is 38.3 Å². The number of nitrogens with zero attached hydrogens (tertiary/aromatic N) is 3. The summed E-state index contributed by atoms with van der Waals surface area (Å²) in [5.74, 6) is 0. The quantitative estimate of drug-likeness (QED) is 0.385. The number of para-hydroxylation sites is 1. The lowest BCUT2D eigenvalue weighted by Crippen LogP contribution is -2.11. The zero-order valence-electron chi connectivity index (χ0n) is 18.4. The number of hydrogen-bond donors (Lipinski definition) is 1. The van der Waals surface area contributed by atoms with Crippen molar-refractivity contribution in [2.24, 2.45) is 0 Å². The summed E-state index contributed by atoms with van der Waals surface area (Å²) in [4.78, 5) is 0.527. The third-order valence-corrected chi connectivity index (χ3v) is 5.96. The monoisotopic (exact) mass is 434 g/mol. The summed E-state index contributed by atoms with van der Waals surface area (Å²) >= 11 is 0.227. The van der Waals surface area contributed by atoms with Crippen LogP contribution in [0.5, 0.6) is 0 Å². The molecule has 3 rings (SSSR count). The third kappa shape index (κ3) is 4.64. The van der Waals surface area contributed by atoms with Crippen LogP contribution in [-0.2, 0) is 0 Å². The van der Waals surface area contributed by atoms with Gasteiger partial charge in [0, 0.05) is 16.8 Å². The Bertz CT molecular complexity index is 1200. The van der Waals surface area contributed by atoms with Crippen molar-refractivity contribution in [1.29, 1.82) is 0 Å². The van der Waals surface area contributed by atoms with Gasteiger partial charge in [0.2, 0.25) is 0 Å². The largest absolute Gasteiger partial charge is 0.361 e. The first-order chi connectivity index (χ1) is 14.9. The van der Waals surface area contributed by atoms with Crippen LogP contribution < -0.4 is 5.32 Å². The fourth-order valence-electron chi connectivity index (χ4n) is 3.23. The number of allylic oxidation sites excluding steroid dienone is 4. The molecule has 1 N–H and O–H groups in total. The SMILES string of the molecule is C=C/C(C)=C\N/C(C(=C)c1cc(SF)c(C)c(-n2nnc3ccccc32)c1)=C(\C)CC. The number of fused-ring (bicyclic) bond motifs is 1. The molecule has 3 aromatic rings. The summed E-state index contributed by atoms with van der Waals surface area (Å²) in [7, 11) is 0. The molecule has 4 nitrogen and oxygen atoms in total. The van der Waals surface area contributed by atoms with Gasteiger partial charge in [0.15, 0.2) is 0 Å². The van der Waals surface area contributed by atoms with Crippen molar-refractivity contribution in [2.75, 3.05) is 0 Å². The minimum Gasteiger partial charge on any atom is -0.361 e. The fourth-order valence-corrected chi connectivity index (χ4v) is 3.62. The summed E-state index contributed by atoms with van der Waals surface area (Å²) in [6, 6.07) is 11.5. The topological polar surface area (TPSA) is 42.7 Å². The van der Waals surface area contributed by atoms with Crippen molar-refractivity contribution >= 4 is 28.8 Å².